The van der Waals surface area contributed by atoms with Gasteiger partial charge in [0.15, 0.2) is 0 Å². The zero-order valence-electron chi connectivity index (χ0n) is 15.6. The van der Waals surface area contributed by atoms with Crippen LogP contribution in [-0.4, -0.2) is 40.0 Å². The lowest BCUT2D eigenvalue weighted by molar-refractivity contribution is -0.108. The number of ether oxygens (including phenoxy) is 1. The first kappa shape index (κ1) is 20.5. The quantitative estimate of drug-likeness (QED) is 0.720. The molecule has 1 atom stereocenters. The molecule has 0 bridgehead atoms. The average Bonchev–Trinajstić information content (AvgIpc) is 2.67. The maximum absolute atomic E-state index is 14.6. The van der Waals surface area contributed by atoms with Crippen LogP contribution >= 0.6 is 11.6 Å². The van der Waals surface area contributed by atoms with Crippen molar-refractivity contribution in [1.82, 2.24) is 14.9 Å². The molecule has 3 rings (SSSR count). The maximum Gasteiger partial charge on any atom is 0.410 e. The number of aromatic nitrogens is 2. The Morgan fingerprint density at radius 2 is 2.04 bits per heavy atom. The Bertz CT molecular complexity index is 800. The number of alkyl halides is 2. The van der Waals surface area contributed by atoms with Gasteiger partial charge in [0.05, 0.1) is 17.9 Å². The Labute approximate surface area is 167 Å². The van der Waals surface area contributed by atoms with E-state index < -0.39 is 24.5 Å². The highest BCUT2D eigenvalue weighted by Gasteiger charge is 2.45. The van der Waals surface area contributed by atoms with Gasteiger partial charge in [0, 0.05) is 29.9 Å². The summed E-state index contributed by atoms with van der Waals surface area (Å²) in [5.41, 5.74) is 2.24. The molecule has 0 unspecified atom stereocenters. The van der Waals surface area contributed by atoms with E-state index in [1.165, 1.54) is 0 Å². The number of carbonyl (C=O) groups excluding carboxylic acids is 1. The molecule has 1 aromatic carbocycles. The van der Waals surface area contributed by atoms with E-state index in [-0.39, 0.29) is 19.6 Å². The fourth-order valence-corrected chi connectivity index (χ4v) is 3.31. The summed E-state index contributed by atoms with van der Waals surface area (Å²) in [6.45, 7) is 1.47. The van der Waals surface area contributed by atoms with Gasteiger partial charge >= 0.3 is 6.09 Å². The molecule has 28 heavy (non-hydrogen) atoms. The molecule has 8 heteroatoms. The Morgan fingerprint density at radius 3 is 2.68 bits per heavy atom. The van der Waals surface area contributed by atoms with Gasteiger partial charge in [0.2, 0.25) is 0 Å². The summed E-state index contributed by atoms with van der Waals surface area (Å²) in [4.78, 5) is 21.6. The second-order valence-corrected chi connectivity index (χ2v) is 7.47. The number of likely N-dealkylation sites (tertiary alicyclic amines) is 1. The summed E-state index contributed by atoms with van der Waals surface area (Å²) >= 11 is 5.81. The Kier molecular flexibility index (Phi) is 6.44. The molecule has 1 amide bonds. The summed E-state index contributed by atoms with van der Waals surface area (Å²) < 4.78 is 34.3. The van der Waals surface area contributed by atoms with Gasteiger partial charge in [-0.05, 0) is 43.9 Å². The van der Waals surface area contributed by atoms with Gasteiger partial charge < -0.3 is 9.64 Å². The molecule has 0 spiro atoms. The zero-order chi connectivity index (χ0) is 20.1. The van der Waals surface area contributed by atoms with Gasteiger partial charge in [0.1, 0.15) is 6.61 Å². The van der Waals surface area contributed by atoms with Crippen LogP contribution in [0.4, 0.5) is 13.6 Å². The topological polar surface area (TPSA) is 55.3 Å². The van der Waals surface area contributed by atoms with Gasteiger partial charge in [-0.25, -0.2) is 13.6 Å². The number of rotatable bonds is 5. The van der Waals surface area contributed by atoms with Gasteiger partial charge in [-0.2, -0.15) is 0 Å². The van der Waals surface area contributed by atoms with Gasteiger partial charge in [0.25, 0.3) is 5.92 Å². The van der Waals surface area contributed by atoms with Crippen molar-refractivity contribution in [3.63, 3.8) is 0 Å². The van der Waals surface area contributed by atoms with Crippen molar-refractivity contribution < 1.29 is 18.3 Å². The van der Waals surface area contributed by atoms with E-state index in [2.05, 4.69) is 9.97 Å². The molecule has 5 nitrogen and oxygen atoms in total. The highest BCUT2D eigenvalue weighted by molar-refractivity contribution is 6.30. The predicted molar refractivity (Wildman–Crippen MR) is 101 cm³/mol. The van der Waals surface area contributed by atoms with Crippen molar-refractivity contribution in [2.24, 2.45) is 5.92 Å². The molecule has 1 fully saturated rings. The van der Waals surface area contributed by atoms with Crippen molar-refractivity contribution in [3.8, 4) is 0 Å². The van der Waals surface area contributed by atoms with Crippen LogP contribution < -0.4 is 0 Å². The summed E-state index contributed by atoms with van der Waals surface area (Å²) in [6, 6.07) is 6.82. The number of nitrogens with zero attached hydrogens (tertiary/aromatic N) is 3. The average molecular weight is 410 g/mol. The molecule has 0 radical (unpaired) electrons. The number of piperidine rings is 1. The monoisotopic (exact) mass is 409 g/mol. The third kappa shape index (κ3) is 5.38. The molecule has 2 heterocycles. The third-order valence-electron chi connectivity index (χ3n) is 4.86. The number of hydrogen-bond acceptors (Lipinski definition) is 4. The summed E-state index contributed by atoms with van der Waals surface area (Å²) in [7, 11) is 0. The lowest BCUT2D eigenvalue weighted by atomic mass is 9.88. The van der Waals surface area contributed by atoms with Crippen molar-refractivity contribution in [1.29, 1.82) is 0 Å². The second kappa shape index (κ2) is 8.82. The lowest BCUT2D eigenvalue weighted by Gasteiger charge is -2.37. The molecule has 0 N–H and O–H groups in total. The number of halogens is 3. The van der Waals surface area contributed by atoms with E-state index in [9.17, 15) is 13.6 Å². The van der Waals surface area contributed by atoms with Crippen LogP contribution in [0.25, 0.3) is 0 Å². The van der Waals surface area contributed by atoms with E-state index >= 15 is 0 Å². The summed E-state index contributed by atoms with van der Waals surface area (Å²) in [5, 5.41) is 0.577. The smallest absolute Gasteiger partial charge is 0.410 e. The van der Waals surface area contributed by atoms with E-state index in [4.69, 9.17) is 16.3 Å². The highest BCUT2D eigenvalue weighted by atomic mass is 35.5. The Morgan fingerprint density at radius 1 is 1.29 bits per heavy atom. The minimum Gasteiger partial charge on any atom is -0.445 e. The molecule has 1 aliphatic heterocycles. The van der Waals surface area contributed by atoms with E-state index in [1.807, 2.05) is 6.92 Å². The first-order chi connectivity index (χ1) is 13.3. The highest BCUT2D eigenvalue weighted by Crippen LogP contribution is 2.36. The van der Waals surface area contributed by atoms with E-state index in [0.717, 1.165) is 16.2 Å². The minimum absolute atomic E-state index is 0.0214. The van der Waals surface area contributed by atoms with Crippen LogP contribution in [0.2, 0.25) is 5.02 Å². The van der Waals surface area contributed by atoms with E-state index in [1.54, 1.807) is 36.7 Å². The number of aryl methyl sites for hydroxylation is 2. The number of carbonyl (C=O) groups is 1. The number of benzene rings is 1. The predicted octanol–water partition coefficient (Wildman–Crippen LogP) is 4.67. The lowest BCUT2D eigenvalue weighted by Crippen LogP contribution is -2.50. The van der Waals surface area contributed by atoms with Crippen molar-refractivity contribution >= 4 is 17.7 Å². The summed E-state index contributed by atoms with van der Waals surface area (Å²) in [5.74, 6) is -3.76. The van der Waals surface area contributed by atoms with Crippen LogP contribution in [0.3, 0.4) is 0 Å². The molecule has 150 valence electrons. The summed E-state index contributed by atoms with van der Waals surface area (Å²) in [6.07, 6.45) is 3.50. The molecular weight excluding hydrogens is 388 g/mol. The SMILES string of the molecule is Cc1cnc(CC[C@H]2CCN(C(=O)OCc3ccc(Cl)cc3)CC2(F)F)cn1. The normalized spacial score (nSPS) is 18.7. The first-order valence-corrected chi connectivity index (χ1v) is 9.53. The fraction of sp³-hybridized carbons (Fsp3) is 0.450. The van der Waals surface area contributed by atoms with Gasteiger partial charge in [-0.15, -0.1) is 0 Å². The van der Waals surface area contributed by atoms with Crippen molar-refractivity contribution in [2.75, 3.05) is 13.1 Å². The molecule has 0 saturated carbocycles. The van der Waals surface area contributed by atoms with Crippen LogP contribution in [0.1, 0.15) is 29.8 Å². The second-order valence-electron chi connectivity index (χ2n) is 7.04. The molecular formula is C20H22ClF2N3O2. The minimum atomic E-state index is -2.96. The van der Waals surface area contributed by atoms with Gasteiger partial charge in [-0.3, -0.25) is 9.97 Å². The third-order valence-corrected chi connectivity index (χ3v) is 5.12. The zero-order valence-corrected chi connectivity index (χ0v) is 16.3. The number of hydrogen-bond donors (Lipinski definition) is 0. The van der Waals surface area contributed by atoms with Crippen LogP contribution in [0.15, 0.2) is 36.7 Å². The standard InChI is InChI=1S/C20H22ClF2N3O2/c1-14-10-25-18(11-24-14)7-4-16-8-9-26(13-20(16,22)23)19(27)28-12-15-2-5-17(21)6-3-15/h2-3,5-6,10-11,16H,4,7-9,12-13H2,1H3/t16-/m0/s1. The molecule has 0 aliphatic carbocycles. The largest absolute Gasteiger partial charge is 0.445 e. The maximum atomic E-state index is 14.6. The van der Waals surface area contributed by atoms with Crippen LogP contribution in [-0.2, 0) is 17.8 Å². The van der Waals surface area contributed by atoms with Crippen molar-refractivity contribution in [3.05, 3.63) is 58.6 Å². The van der Waals surface area contributed by atoms with Crippen molar-refractivity contribution in [2.45, 2.75) is 38.7 Å². The first-order valence-electron chi connectivity index (χ1n) is 9.15. The molecule has 1 aliphatic rings. The Hall–Kier alpha value is -2.28. The number of amides is 1. The van der Waals surface area contributed by atoms with Crippen LogP contribution in [0.5, 0.6) is 0 Å². The Balaban J connectivity index is 1.49. The van der Waals surface area contributed by atoms with Gasteiger partial charge in [-0.1, -0.05) is 23.7 Å². The van der Waals surface area contributed by atoms with E-state index in [0.29, 0.717) is 23.6 Å². The molecule has 1 aromatic heterocycles. The van der Waals surface area contributed by atoms with Crippen LogP contribution in [0, 0.1) is 12.8 Å². The molecule has 1 saturated heterocycles. The fourth-order valence-electron chi connectivity index (χ4n) is 3.18. The molecule has 2 aromatic rings.